The number of ether oxygens (including phenoxy) is 1. The highest BCUT2D eigenvalue weighted by molar-refractivity contribution is 7.14. The zero-order valence-corrected chi connectivity index (χ0v) is 12.4. The molecule has 0 saturated carbocycles. The first-order valence-electron chi connectivity index (χ1n) is 6.80. The molecule has 0 bridgehead atoms. The molecule has 20 heavy (non-hydrogen) atoms. The van der Waals surface area contributed by atoms with E-state index >= 15 is 0 Å². The average Bonchev–Trinajstić information content (AvgIpc) is 3.06. The van der Waals surface area contributed by atoms with Crippen LogP contribution in [0, 0.1) is 18.8 Å². The van der Waals surface area contributed by atoms with E-state index in [1.54, 1.807) is 0 Å². The van der Waals surface area contributed by atoms with E-state index < -0.39 is 0 Å². The van der Waals surface area contributed by atoms with Crippen LogP contribution in [0.5, 0.6) is 0 Å². The van der Waals surface area contributed by atoms with Crippen molar-refractivity contribution in [2.75, 3.05) is 19.8 Å². The number of aryl methyl sites for hydroxylation is 1. The molecular formula is C15H19NO3S. The van der Waals surface area contributed by atoms with Gasteiger partial charge in [0.05, 0.1) is 15.9 Å². The Hall–Kier alpha value is -1.35. The molecule has 1 amide bonds. The zero-order valence-electron chi connectivity index (χ0n) is 11.6. The fourth-order valence-corrected chi connectivity index (χ4v) is 3.11. The number of amides is 1. The molecule has 108 valence electrons. The van der Waals surface area contributed by atoms with Crippen LogP contribution in [0.15, 0.2) is 6.07 Å². The van der Waals surface area contributed by atoms with Crippen LogP contribution < -0.4 is 5.32 Å². The fourth-order valence-electron chi connectivity index (χ4n) is 2.14. The SMILES string of the molecule is Cc1cc(C(=O)NCCC2CCCO2)sc1C#CCO. The summed E-state index contributed by atoms with van der Waals surface area (Å²) in [5, 5.41) is 11.6. The molecule has 1 aliphatic heterocycles. The molecule has 2 heterocycles. The van der Waals surface area contributed by atoms with Crippen molar-refractivity contribution in [1.82, 2.24) is 5.32 Å². The van der Waals surface area contributed by atoms with Crippen molar-refractivity contribution in [3.05, 3.63) is 21.4 Å². The van der Waals surface area contributed by atoms with Crippen LogP contribution in [0.1, 0.15) is 39.4 Å². The highest BCUT2D eigenvalue weighted by Crippen LogP contribution is 2.21. The second-order valence-corrected chi connectivity index (χ2v) is 5.81. The van der Waals surface area contributed by atoms with Crippen LogP contribution >= 0.6 is 11.3 Å². The highest BCUT2D eigenvalue weighted by Gasteiger charge is 2.16. The summed E-state index contributed by atoms with van der Waals surface area (Å²) in [6, 6.07) is 1.84. The van der Waals surface area contributed by atoms with E-state index in [0.717, 1.165) is 36.3 Å². The van der Waals surface area contributed by atoms with Crippen molar-refractivity contribution >= 4 is 17.2 Å². The lowest BCUT2D eigenvalue weighted by Crippen LogP contribution is -2.26. The quantitative estimate of drug-likeness (QED) is 0.831. The molecule has 0 spiro atoms. The van der Waals surface area contributed by atoms with Gasteiger partial charge in [-0.15, -0.1) is 11.3 Å². The Morgan fingerprint density at radius 2 is 2.50 bits per heavy atom. The molecule has 1 fully saturated rings. The first kappa shape index (κ1) is 15.0. The summed E-state index contributed by atoms with van der Waals surface area (Å²) in [6.07, 6.45) is 3.38. The summed E-state index contributed by atoms with van der Waals surface area (Å²) in [7, 11) is 0. The van der Waals surface area contributed by atoms with Crippen LogP contribution in [0.25, 0.3) is 0 Å². The number of hydrogen-bond acceptors (Lipinski definition) is 4. The number of aliphatic hydroxyl groups is 1. The Balaban J connectivity index is 1.85. The summed E-state index contributed by atoms with van der Waals surface area (Å²) in [5.74, 6) is 5.40. The topological polar surface area (TPSA) is 58.6 Å². The van der Waals surface area contributed by atoms with Crippen LogP contribution in [0.2, 0.25) is 0 Å². The largest absolute Gasteiger partial charge is 0.384 e. The van der Waals surface area contributed by atoms with E-state index in [1.165, 1.54) is 11.3 Å². The molecule has 0 radical (unpaired) electrons. The Bertz CT molecular complexity index is 521. The molecule has 0 aromatic carbocycles. The molecule has 2 N–H and O–H groups in total. The van der Waals surface area contributed by atoms with E-state index in [4.69, 9.17) is 9.84 Å². The molecule has 1 atom stereocenters. The average molecular weight is 293 g/mol. The third-order valence-electron chi connectivity index (χ3n) is 3.20. The van der Waals surface area contributed by atoms with E-state index in [0.29, 0.717) is 17.5 Å². The number of carbonyl (C=O) groups excluding carboxylic acids is 1. The van der Waals surface area contributed by atoms with Gasteiger partial charge in [-0.2, -0.15) is 0 Å². The van der Waals surface area contributed by atoms with Crippen molar-refractivity contribution in [3.63, 3.8) is 0 Å². The monoisotopic (exact) mass is 293 g/mol. The number of carbonyl (C=O) groups is 1. The molecule has 4 nitrogen and oxygen atoms in total. The molecule has 1 aliphatic rings. The summed E-state index contributed by atoms with van der Waals surface area (Å²) in [5.41, 5.74) is 0.972. The maximum absolute atomic E-state index is 12.0. The maximum atomic E-state index is 12.0. The lowest BCUT2D eigenvalue weighted by Gasteiger charge is -2.09. The fraction of sp³-hybridized carbons (Fsp3) is 0.533. The van der Waals surface area contributed by atoms with Gasteiger partial charge in [0.15, 0.2) is 0 Å². The van der Waals surface area contributed by atoms with Crippen molar-refractivity contribution in [3.8, 4) is 11.8 Å². The van der Waals surface area contributed by atoms with Crippen molar-refractivity contribution in [2.24, 2.45) is 0 Å². The van der Waals surface area contributed by atoms with E-state index in [2.05, 4.69) is 17.2 Å². The summed E-state index contributed by atoms with van der Waals surface area (Å²) in [4.78, 5) is 13.5. The van der Waals surface area contributed by atoms with E-state index in [9.17, 15) is 4.79 Å². The summed E-state index contributed by atoms with van der Waals surface area (Å²) < 4.78 is 5.52. The smallest absolute Gasteiger partial charge is 0.261 e. The van der Waals surface area contributed by atoms with Gasteiger partial charge in [-0.05, 0) is 37.8 Å². The van der Waals surface area contributed by atoms with E-state index in [1.807, 2.05) is 13.0 Å². The van der Waals surface area contributed by atoms with Crippen molar-refractivity contribution in [2.45, 2.75) is 32.3 Å². The minimum atomic E-state index is -0.166. The van der Waals surface area contributed by atoms with Crippen molar-refractivity contribution in [1.29, 1.82) is 0 Å². The Morgan fingerprint density at radius 3 is 3.20 bits per heavy atom. The molecular weight excluding hydrogens is 274 g/mol. The molecule has 2 rings (SSSR count). The number of hydrogen-bond donors (Lipinski definition) is 2. The maximum Gasteiger partial charge on any atom is 0.261 e. The number of rotatable bonds is 4. The third-order valence-corrected chi connectivity index (χ3v) is 4.35. The molecule has 5 heteroatoms. The van der Waals surface area contributed by atoms with Gasteiger partial charge in [0, 0.05) is 13.2 Å². The first-order valence-corrected chi connectivity index (χ1v) is 7.62. The van der Waals surface area contributed by atoms with Gasteiger partial charge >= 0.3 is 0 Å². The van der Waals surface area contributed by atoms with Crippen LogP contribution in [-0.4, -0.2) is 36.9 Å². The lowest BCUT2D eigenvalue weighted by atomic mass is 10.2. The van der Waals surface area contributed by atoms with Gasteiger partial charge in [-0.25, -0.2) is 0 Å². The molecule has 0 aliphatic carbocycles. The Labute approximate surface area is 123 Å². The van der Waals surface area contributed by atoms with Gasteiger partial charge in [0.1, 0.15) is 6.61 Å². The Morgan fingerprint density at radius 1 is 1.65 bits per heavy atom. The minimum absolute atomic E-state index is 0.0619. The van der Waals surface area contributed by atoms with Crippen LogP contribution in [0.4, 0.5) is 0 Å². The molecule has 1 unspecified atom stereocenters. The minimum Gasteiger partial charge on any atom is -0.384 e. The third kappa shape index (κ3) is 4.07. The van der Waals surface area contributed by atoms with Gasteiger partial charge < -0.3 is 15.2 Å². The summed E-state index contributed by atoms with van der Waals surface area (Å²) >= 11 is 1.36. The van der Waals surface area contributed by atoms with Crippen molar-refractivity contribution < 1.29 is 14.6 Å². The zero-order chi connectivity index (χ0) is 14.4. The lowest BCUT2D eigenvalue weighted by molar-refractivity contribution is 0.0910. The molecule has 1 aromatic heterocycles. The van der Waals surface area contributed by atoms with Crippen LogP contribution in [0.3, 0.4) is 0 Å². The summed E-state index contributed by atoms with van der Waals surface area (Å²) in [6.45, 7) is 3.23. The van der Waals surface area contributed by atoms with Gasteiger partial charge in [-0.1, -0.05) is 11.8 Å². The number of thiophene rings is 1. The Kier molecular flexibility index (Phi) is 5.60. The number of aliphatic hydroxyl groups excluding tert-OH is 1. The normalized spacial score (nSPS) is 17.6. The predicted octanol–water partition coefficient (Wildman–Crippen LogP) is 1.70. The van der Waals surface area contributed by atoms with Gasteiger partial charge in [-0.3, -0.25) is 4.79 Å². The molecule has 1 saturated heterocycles. The standard InChI is InChI=1S/C15H19NO3S/c1-11-10-14(20-13(11)5-2-8-17)15(18)16-7-6-12-4-3-9-19-12/h10,12,17H,3-4,6-9H2,1H3,(H,16,18). The second kappa shape index (κ2) is 7.44. The van der Waals surface area contributed by atoms with Gasteiger partial charge in [0.2, 0.25) is 0 Å². The highest BCUT2D eigenvalue weighted by atomic mass is 32.1. The van der Waals surface area contributed by atoms with Crippen LogP contribution in [-0.2, 0) is 4.74 Å². The molecule has 1 aromatic rings. The van der Waals surface area contributed by atoms with Gasteiger partial charge in [0.25, 0.3) is 5.91 Å². The number of nitrogens with one attached hydrogen (secondary N) is 1. The van der Waals surface area contributed by atoms with E-state index in [-0.39, 0.29) is 12.5 Å². The first-order chi connectivity index (χ1) is 9.70. The second-order valence-electron chi connectivity index (χ2n) is 4.76. The predicted molar refractivity (Wildman–Crippen MR) is 78.9 cm³/mol.